The van der Waals surface area contributed by atoms with Crippen molar-refractivity contribution in [2.45, 2.75) is 44.0 Å². The smallest absolute Gasteiger partial charge is 0.352 e. The number of aromatic amines is 1. The fourth-order valence-electron chi connectivity index (χ4n) is 2.72. The van der Waals surface area contributed by atoms with Gasteiger partial charge in [0.2, 0.25) is 10.0 Å². The largest absolute Gasteiger partial charge is 0.477 e. The molecule has 7 nitrogen and oxygen atoms in total. The molecule has 0 aromatic carbocycles. The predicted molar refractivity (Wildman–Crippen MR) is 75.8 cm³/mol. The van der Waals surface area contributed by atoms with Gasteiger partial charge in [0.15, 0.2) is 0 Å². The molecule has 0 saturated heterocycles. The van der Waals surface area contributed by atoms with Crippen LogP contribution in [0.25, 0.3) is 0 Å². The van der Waals surface area contributed by atoms with Crippen molar-refractivity contribution in [3.05, 3.63) is 17.0 Å². The third kappa shape index (κ3) is 2.70. The van der Waals surface area contributed by atoms with Crippen molar-refractivity contribution >= 4 is 16.0 Å². The summed E-state index contributed by atoms with van der Waals surface area (Å²) in [7, 11) is -3.82. The van der Waals surface area contributed by atoms with Crippen molar-refractivity contribution in [3.63, 3.8) is 0 Å². The van der Waals surface area contributed by atoms with Crippen LogP contribution in [0.15, 0.2) is 4.90 Å². The number of aliphatic hydroxyl groups excluding tert-OH is 1. The van der Waals surface area contributed by atoms with Gasteiger partial charge in [-0.3, -0.25) is 0 Å². The molecule has 2 rings (SSSR count). The topological polar surface area (TPSA) is 111 Å². The van der Waals surface area contributed by atoms with Gasteiger partial charge in [0.05, 0.1) is 6.61 Å². The highest BCUT2D eigenvalue weighted by Crippen LogP contribution is 2.33. The fraction of sp³-hybridized carbons (Fsp3) is 0.615. The first kappa shape index (κ1) is 16.0. The lowest BCUT2D eigenvalue weighted by atomic mass is 9.93. The zero-order valence-corrected chi connectivity index (χ0v) is 12.9. The van der Waals surface area contributed by atoms with Gasteiger partial charge in [-0.15, -0.1) is 0 Å². The second kappa shape index (κ2) is 5.78. The summed E-state index contributed by atoms with van der Waals surface area (Å²) in [5.41, 5.74) is 0.415. The van der Waals surface area contributed by atoms with Crippen LogP contribution >= 0.6 is 0 Å². The van der Waals surface area contributed by atoms with Crippen molar-refractivity contribution in [1.29, 1.82) is 0 Å². The molecule has 0 aliphatic heterocycles. The molecule has 1 saturated carbocycles. The number of nitrogens with one attached hydrogen (secondary N) is 1. The maximum atomic E-state index is 12.8. The monoisotopic (exact) mass is 316 g/mol. The number of rotatable bonds is 6. The zero-order valence-electron chi connectivity index (χ0n) is 12.1. The van der Waals surface area contributed by atoms with E-state index in [2.05, 4.69) is 4.98 Å². The summed E-state index contributed by atoms with van der Waals surface area (Å²) in [4.78, 5) is 13.8. The van der Waals surface area contributed by atoms with Gasteiger partial charge in [-0.1, -0.05) is 6.42 Å². The van der Waals surface area contributed by atoms with Crippen molar-refractivity contribution in [2.24, 2.45) is 0 Å². The molecule has 0 atom stereocenters. The molecule has 1 aromatic heterocycles. The van der Waals surface area contributed by atoms with E-state index in [-0.39, 0.29) is 35.3 Å². The van der Waals surface area contributed by atoms with Crippen molar-refractivity contribution in [2.75, 3.05) is 13.2 Å². The number of aryl methyl sites for hydroxylation is 1. The van der Waals surface area contributed by atoms with E-state index in [1.165, 1.54) is 11.2 Å². The van der Waals surface area contributed by atoms with E-state index in [4.69, 9.17) is 10.2 Å². The average Bonchev–Trinajstić information content (AvgIpc) is 2.62. The van der Waals surface area contributed by atoms with Crippen LogP contribution in [0.5, 0.6) is 0 Å². The summed E-state index contributed by atoms with van der Waals surface area (Å²) in [5.74, 6) is -1.19. The number of H-pyrrole nitrogens is 1. The van der Waals surface area contributed by atoms with Gasteiger partial charge in [-0.05, 0) is 26.7 Å². The second-order valence-corrected chi connectivity index (χ2v) is 7.14. The van der Waals surface area contributed by atoms with Crippen LogP contribution in [0, 0.1) is 13.8 Å². The highest BCUT2D eigenvalue weighted by atomic mass is 32.2. The van der Waals surface area contributed by atoms with Gasteiger partial charge in [-0.25, -0.2) is 13.2 Å². The zero-order chi connectivity index (χ0) is 15.8. The van der Waals surface area contributed by atoms with Crippen molar-refractivity contribution in [1.82, 2.24) is 9.29 Å². The molecular formula is C13H20N2O5S. The van der Waals surface area contributed by atoms with Crippen LogP contribution in [-0.4, -0.2) is 53.1 Å². The lowest BCUT2D eigenvalue weighted by molar-refractivity contribution is 0.0690. The van der Waals surface area contributed by atoms with Crippen LogP contribution in [-0.2, 0) is 10.0 Å². The SMILES string of the molecule is Cc1[nH]c(C(=O)O)c(C)c1S(=O)(=O)N(CCO)C1CCC1. The number of carboxylic acid groups (broad SMARTS) is 1. The molecule has 0 spiro atoms. The first-order chi connectivity index (χ1) is 9.80. The second-order valence-electron chi connectivity index (χ2n) is 5.31. The molecule has 3 N–H and O–H groups in total. The molecule has 1 aliphatic carbocycles. The van der Waals surface area contributed by atoms with Gasteiger partial charge < -0.3 is 15.2 Å². The number of carbonyl (C=O) groups is 1. The highest BCUT2D eigenvalue weighted by Gasteiger charge is 2.37. The standard InChI is InChI=1S/C13H20N2O5S/c1-8-11(13(17)18)14-9(2)12(8)21(19,20)15(6-7-16)10-4-3-5-10/h10,14,16H,3-7H2,1-2H3,(H,17,18). The van der Waals surface area contributed by atoms with Crippen LogP contribution in [0.2, 0.25) is 0 Å². The van der Waals surface area contributed by atoms with Crippen LogP contribution in [0.4, 0.5) is 0 Å². The lowest BCUT2D eigenvalue weighted by Crippen LogP contribution is -2.45. The van der Waals surface area contributed by atoms with Crippen LogP contribution in [0.3, 0.4) is 0 Å². The molecule has 0 bridgehead atoms. The Morgan fingerprint density at radius 2 is 2.00 bits per heavy atom. The molecule has 1 fully saturated rings. The summed E-state index contributed by atoms with van der Waals surface area (Å²) in [5, 5.41) is 18.2. The normalized spacial score (nSPS) is 16.2. The van der Waals surface area contributed by atoms with Gasteiger partial charge in [0, 0.05) is 23.8 Å². The molecule has 1 aliphatic rings. The summed E-state index contributed by atoms with van der Waals surface area (Å²) < 4.78 is 27.0. The Balaban J connectivity index is 2.49. The highest BCUT2D eigenvalue weighted by molar-refractivity contribution is 7.89. The van der Waals surface area contributed by atoms with E-state index >= 15 is 0 Å². The van der Waals surface area contributed by atoms with Gasteiger partial charge >= 0.3 is 5.97 Å². The number of aromatic nitrogens is 1. The maximum absolute atomic E-state index is 12.8. The van der Waals surface area contributed by atoms with E-state index in [1.54, 1.807) is 6.92 Å². The summed E-state index contributed by atoms with van der Waals surface area (Å²) in [6.45, 7) is 2.80. The molecule has 0 amide bonds. The summed E-state index contributed by atoms with van der Waals surface area (Å²) in [6, 6.07) is -0.107. The number of hydrogen-bond acceptors (Lipinski definition) is 4. The molecule has 0 unspecified atom stereocenters. The number of carboxylic acids is 1. The number of aliphatic hydroxyl groups is 1. The van der Waals surface area contributed by atoms with E-state index in [9.17, 15) is 13.2 Å². The fourth-order valence-corrected chi connectivity index (χ4v) is 4.81. The molecule has 118 valence electrons. The van der Waals surface area contributed by atoms with Gasteiger partial charge in [0.1, 0.15) is 10.6 Å². The van der Waals surface area contributed by atoms with Crippen molar-refractivity contribution < 1.29 is 23.4 Å². The van der Waals surface area contributed by atoms with E-state index in [0.717, 1.165) is 19.3 Å². The third-order valence-corrected chi connectivity index (χ3v) is 6.18. The summed E-state index contributed by atoms with van der Waals surface area (Å²) >= 11 is 0. The minimum Gasteiger partial charge on any atom is -0.477 e. The number of sulfonamides is 1. The lowest BCUT2D eigenvalue weighted by Gasteiger charge is -2.36. The van der Waals surface area contributed by atoms with Gasteiger partial charge in [-0.2, -0.15) is 4.31 Å². The molecule has 1 aromatic rings. The van der Waals surface area contributed by atoms with Gasteiger partial charge in [0.25, 0.3) is 0 Å². The first-order valence-electron chi connectivity index (χ1n) is 6.85. The van der Waals surface area contributed by atoms with Crippen LogP contribution in [0.1, 0.15) is 41.0 Å². The van der Waals surface area contributed by atoms with Crippen LogP contribution < -0.4 is 0 Å². The Bertz CT molecular complexity index is 646. The molecule has 1 heterocycles. The minimum absolute atomic E-state index is 0.0141. The molecule has 0 radical (unpaired) electrons. The Morgan fingerprint density at radius 1 is 1.38 bits per heavy atom. The number of hydrogen-bond donors (Lipinski definition) is 3. The molecular weight excluding hydrogens is 296 g/mol. The Hall–Kier alpha value is -1.38. The first-order valence-corrected chi connectivity index (χ1v) is 8.29. The van der Waals surface area contributed by atoms with E-state index in [1.807, 2.05) is 0 Å². The Labute approximate surface area is 123 Å². The maximum Gasteiger partial charge on any atom is 0.352 e. The number of nitrogens with zero attached hydrogens (tertiary/aromatic N) is 1. The molecule has 21 heavy (non-hydrogen) atoms. The Morgan fingerprint density at radius 3 is 2.38 bits per heavy atom. The quantitative estimate of drug-likeness (QED) is 0.721. The predicted octanol–water partition coefficient (Wildman–Crippen LogP) is 0.865. The van der Waals surface area contributed by atoms with E-state index in [0.29, 0.717) is 5.69 Å². The van der Waals surface area contributed by atoms with Crippen molar-refractivity contribution in [3.8, 4) is 0 Å². The number of aromatic carboxylic acids is 1. The van der Waals surface area contributed by atoms with E-state index < -0.39 is 16.0 Å². The average molecular weight is 316 g/mol. The minimum atomic E-state index is -3.82. The third-order valence-electron chi connectivity index (χ3n) is 3.95. The summed E-state index contributed by atoms with van der Waals surface area (Å²) in [6.07, 6.45) is 2.51. The Kier molecular flexibility index (Phi) is 4.40. The molecule has 8 heteroatoms.